The molecule has 0 radical (unpaired) electrons. The number of likely N-dealkylation sites (tertiary alicyclic amines) is 1. The zero-order valence-corrected chi connectivity index (χ0v) is 17.3. The van der Waals surface area contributed by atoms with Crippen molar-refractivity contribution in [2.45, 2.75) is 23.9 Å². The summed E-state index contributed by atoms with van der Waals surface area (Å²) >= 11 is 5.81. The highest BCUT2D eigenvalue weighted by Gasteiger charge is 2.27. The van der Waals surface area contributed by atoms with Gasteiger partial charge in [0, 0.05) is 37.7 Å². The number of nitrogens with zero attached hydrogens (tertiary/aromatic N) is 2. The van der Waals surface area contributed by atoms with E-state index in [1.165, 1.54) is 36.9 Å². The molecule has 1 saturated heterocycles. The van der Waals surface area contributed by atoms with Crippen LogP contribution in [0.1, 0.15) is 12.0 Å². The second-order valence-corrected chi connectivity index (χ2v) is 9.47. The van der Waals surface area contributed by atoms with Gasteiger partial charge in [-0.05, 0) is 36.2 Å². The number of likely N-dealkylation sites (N-methyl/N-ethyl adjacent to an activating group) is 1. The van der Waals surface area contributed by atoms with E-state index in [0.717, 1.165) is 30.4 Å². The van der Waals surface area contributed by atoms with Crippen LogP contribution in [0.4, 0.5) is 0 Å². The largest absolute Gasteiger partial charge is 0.351 e. The number of hydrogen-bond donors (Lipinski definition) is 1. The van der Waals surface area contributed by atoms with E-state index in [4.69, 9.17) is 11.6 Å². The minimum Gasteiger partial charge on any atom is -0.351 e. The third-order valence-corrected chi connectivity index (χ3v) is 6.84. The Balaban J connectivity index is 1.50. The molecule has 2 aromatic rings. The molecule has 1 aliphatic rings. The number of halogens is 1. The molecule has 1 atom stereocenters. The Labute approximate surface area is 171 Å². The van der Waals surface area contributed by atoms with Gasteiger partial charge < -0.3 is 5.32 Å². The van der Waals surface area contributed by atoms with Gasteiger partial charge in [0.1, 0.15) is 0 Å². The predicted molar refractivity (Wildman–Crippen MR) is 110 cm³/mol. The number of sulfonamides is 1. The summed E-state index contributed by atoms with van der Waals surface area (Å²) in [6.45, 7) is 2.28. The number of hydrogen-bond acceptors (Lipinski definition) is 4. The Morgan fingerprint density at radius 3 is 2.54 bits per heavy atom. The van der Waals surface area contributed by atoms with Crippen LogP contribution in [0, 0.1) is 0 Å². The Morgan fingerprint density at radius 1 is 1.18 bits per heavy atom. The number of benzene rings is 2. The van der Waals surface area contributed by atoms with Crippen LogP contribution < -0.4 is 5.32 Å². The lowest BCUT2D eigenvalue weighted by molar-refractivity contribution is -0.121. The van der Waals surface area contributed by atoms with Gasteiger partial charge >= 0.3 is 0 Å². The van der Waals surface area contributed by atoms with Crippen molar-refractivity contribution in [1.29, 1.82) is 0 Å². The van der Waals surface area contributed by atoms with Crippen LogP contribution in [0.15, 0.2) is 59.5 Å². The second-order valence-electron chi connectivity index (χ2n) is 6.99. The quantitative estimate of drug-likeness (QED) is 0.745. The van der Waals surface area contributed by atoms with E-state index < -0.39 is 10.0 Å². The lowest BCUT2D eigenvalue weighted by atomic mass is 10.2. The molecular formula is C20H24ClN3O3S. The van der Waals surface area contributed by atoms with Crippen LogP contribution >= 0.6 is 11.6 Å². The van der Waals surface area contributed by atoms with E-state index in [-0.39, 0.29) is 23.4 Å². The maximum atomic E-state index is 12.6. The van der Waals surface area contributed by atoms with Gasteiger partial charge in [0.15, 0.2) is 0 Å². The number of carbonyl (C=O) groups is 1. The third kappa shape index (κ3) is 5.32. The lowest BCUT2D eigenvalue weighted by Gasteiger charge is -2.19. The first-order valence-corrected chi connectivity index (χ1v) is 10.9. The predicted octanol–water partition coefficient (Wildman–Crippen LogP) is 2.35. The summed E-state index contributed by atoms with van der Waals surface area (Å²) in [6, 6.07) is 16.1. The molecule has 0 saturated carbocycles. The molecule has 0 bridgehead atoms. The van der Waals surface area contributed by atoms with Crippen LogP contribution in [-0.2, 0) is 21.4 Å². The average Bonchev–Trinajstić information content (AvgIpc) is 3.09. The average molecular weight is 422 g/mol. The summed E-state index contributed by atoms with van der Waals surface area (Å²) < 4.78 is 26.2. The highest BCUT2D eigenvalue weighted by atomic mass is 35.5. The summed E-state index contributed by atoms with van der Waals surface area (Å²) in [7, 11) is -2.33. The fraction of sp³-hybridized carbons (Fsp3) is 0.350. The molecule has 6 nitrogen and oxygen atoms in total. The van der Waals surface area contributed by atoms with Crippen molar-refractivity contribution in [1.82, 2.24) is 14.5 Å². The highest BCUT2D eigenvalue weighted by molar-refractivity contribution is 7.89. The van der Waals surface area contributed by atoms with Gasteiger partial charge in [0.05, 0.1) is 11.4 Å². The SMILES string of the molecule is CN(CC(=O)NC1CCN(Cc2ccccc2)C1)S(=O)(=O)c1ccc(Cl)cc1. The van der Waals surface area contributed by atoms with E-state index in [1.807, 2.05) is 18.2 Å². The van der Waals surface area contributed by atoms with Gasteiger partial charge in [-0.25, -0.2) is 8.42 Å². The summed E-state index contributed by atoms with van der Waals surface area (Å²) in [5.74, 6) is -0.299. The molecule has 0 aromatic heterocycles. The van der Waals surface area contributed by atoms with Gasteiger partial charge in [0.25, 0.3) is 0 Å². The Hall–Kier alpha value is -1.93. The number of carbonyl (C=O) groups excluding carboxylic acids is 1. The monoisotopic (exact) mass is 421 g/mol. The zero-order valence-electron chi connectivity index (χ0n) is 15.7. The minimum absolute atomic E-state index is 0.0304. The molecule has 1 unspecified atom stereocenters. The molecular weight excluding hydrogens is 398 g/mol. The number of nitrogens with one attached hydrogen (secondary N) is 1. The van der Waals surface area contributed by atoms with E-state index in [9.17, 15) is 13.2 Å². The molecule has 1 N–H and O–H groups in total. The first-order valence-electron chi connectivity index (χ1n) is 9.12. The molecule has 1 fully saturated rings. The first-order chi connectivity index (χ1) is 13.3. The molecule has 8 heteroatoms. The lowest BCUT2D eigenvalue weighted by Crippen LogP contribution is -2.43. The van der Waals surface area contributed by atoms with Crippen molar-refractivity contribution in [3.63, 3.8) is 0 Å². The maximum Gasteiger partial charge on any atom is 0.243 e. The molecule has 150 valence electrons. The molecule has 1 aliphatic heterocycles. The minimum atomic E-state index is -3.73. The number of rotatable bonds is 7. The van der Waals surface area contributed by atoms with Gasteiger partial charge in [0.2, 0.25) is 15.9 Å². The summed E-state index contributed by atoms with van der Waals surface area (Å²) in [4.78, 5) is 14.7. The summed E-state index contributed by atoms with van der Waals surface area (Å²) in [5, 5.41) is 3.41. The zero-order chi connectivity index (χ0) is 20.1. The smallest absolute Gasteiger partial charge is 0.243 e. The van der Waals surface area contributed by atoms with Crippen molar-refractivity contribution >= 4 is 27.5 Å². The first kappa shape index (κ1) is 20.8. The van der Waals surface area contributed by atoms with Gasteiger partial charge in [-0.1, -0.05) is 41.9 Å². The van der Waals surface area contributed by atoms with Crippen LogP contribution in [0.5, 0.6) is 0 Å². The van der Waals surface area contributed by atoms with Crippen molar-refractivity contribution < 1.29 is 13.2 Å². The van der Waals surface area contributed by atoms with Crippen LogP contribution in [0.2, 0.25) is 5.02 Å². The molecule has 0 spiro atoms. The molecule has 28 heavy (non-hydrogen) atoms. The van der Waals surface area contributed by atoms with Crippen LogP contribution in [0.3, 0.4) is 0 Å². The van der Waals surface area contributed by atoms with Crippen LogP contribution in [0.25, 0.3) is 0 Å². The van der Waals surface area contributed by atoms with Gasteiger partial charge in [-0.15, -0.1) is 0 Å². The fourth-order valence-electron chi connectivity index (χ4n) is 3.28. The normalized spacial score (nSPS) is 17.8. The topological polar surface area (TPSA) is 69.7 Å². The molecule has 3 rings (SSSR count). The second kappa shape index (κ2) is 9.05. The highest BCUT2D eigenvalue weighted by Crippen LogP contribution is 2.18. The van der Waals surface area contributed by atoms with E-state index in [0.29, 0.717) is 5.02 Å². The summed E-state index contributed by atoms with van der Waals surface area (Å²) in [5.41, 5.74) is 1.24. The van der Waals surface area contributed by atoms with E-state index in [1.54, 1.807) is 0 Å². The van der Waals surface area contributed by atoms with Crippen molar-refractivity contribution in [2.75, 3.05) is 26.7 Å². The van der Waals surface area contributed by atoms with Gasteiger partial charge in [-0.3, -0.25) is 9.69 Å². The molecule has 1 amide bonds. The Bertz CT molecular complexity index is 904. The Kier molecular flexibility index (Phi) is 6.72. The summed E-state index contributed by atoms with van der Waals surface area (Å²) in [6.07, 6.45) is 0.853. The fourth-order valence-corrected chi connectivity index (χ4v) is 4.54. The third-order valence-electron chi connectivity index (χ3n) is 4.77. The van der Waals surface area contributed by atoms with Gasteiger partial charge in [-0.2, -0.15) is 4.31 Å². The van der Waals surface area contributed by atoms with Crippen molar-refractivity contribution in [2.24, 2.45) is 0 Å². The van der Waals surface area contributed by atoms with E-state index in [2.05, 4.69) is 22.3 Å². The van der Waals surface area contributed by atoms with Crippen LogP contribution in [-0.4, -0.2) is 56.3 Å². The van der Waals surface area contributed by atoms with E-state index >= 15 is 0 Å². The van der Waals surface area contributed by atoms with Crippen molar-refractivity contribution in [3.8, 4) is 0 Å². The van der Waals surface area contributed by atoms with Crippen molar-refractivity contribution in [3.05, 3.63) is 65.2 Å². The number of amides is 1. The Morgan fingerprint density at radius 2 is 1.86 bits per heavy atom. The molecule has 1 heterocycles. The maximum absolute atomic E-state index is 12.6. The molecule has 0 aliphatic carbocycles. The standard InChI is InChI=1S/C20H24ClN3O3S/c1-23(28(26,27)19-9-7-17(21)8-10-19)15-20(25)22-18-11-12-24(14-18)13-16-5-3-2-4-6-16/h2-10,18H,11-15H2,1H3,(H,22,25). The molecule has 2 aromatic carbocycles.